The lowest BCUT2D eigenvalue weighted by Gasteiger charge is -2.18. The van der Waals surface area contributed by atoms with Gasteiger partial charge in [0.05, 0.1) is 0 Å². The van der Waals surface area contributed by atoms with Gasteiger partial charge in [0.15, 0.2) is 6.10 Å². The van der Waals surface area contributed by atoms with Gasteiger partial charge in [-0.15, -0.1) is 0 Å². The third-order valence-electron chi connectivity index (χ3n) is 4.31. The monoisotopic (exact) mass is 368 g/mol. The van der Waals surface area contributed by atoms with Crippen LogP contribution in [0, 0.1) is 0 Å². The molecule has 0 fully saturated rings. The smallest absolute Gasteiger partial charge is 0.433 e. The number of halogens is 3. The molecule has 4 rings (SSSR count). The van der Waals surface area contributed by atoms with Crippen LogP contribution < -0.4 is 0 Å². The van der Waals surface area contributed by atoms with E-state index in [1.54, 1.807) is 0 Å². The minimum absolute atomic E-state index is 0.0733. The van der Waals surface area contributed by atoms with E-state index in [4.69, 9.17) is 4.74 Å². The molecular formula is C21H15F3N2O. The van der Waals surface area contributed by atoms with Crippen molar-refractivity contribution in [1.82, 2.24) is 4.98 Å². The van der Waals surface area contributed by atoms with Gasteiger partial charge in [0.2, 0.25) is 5.90 Å². The van der Waals surface area contributed by atoms with Crippen molar-refractivity contribution in [3.63, 3.8) is 0 Å². The number of hydrogen-bond donors (Lipinski definition) is 0. The molecule has 27 heavy (non-hydrogen) atoms. The average molecular weight is 368 g/mol. The van der Waals surface area contributed by atoms with Crippen LogP contribution in [0.4, 0.5) is 13.2 Å². The zero-order valence-electron chi connectivity index (χ0n) is 14.1. The number of aliphatic imine (C=N–C) groups is 1. The molecule has 0 spiro atoms. The SMILES string of the molecule is FC(F)(F)c1cccc(C2=NC(c3ccccc3)C(c3ccccc3)O2)n1. The van der Waals surface area contributed by atoms with E-state index in [1.165, 1.54) is 12.1 Å². The lowest BCUT2D eigenvalue weighted by molar-refractivity contribution is -0.141. The predicted octanol–water partition coefficient (Wildman–Crippen LogP) is 5.36. The Balaban J connectivity index is 1.74. The van der Waals surface area contributed by atoms with Crippen molar-refractivity contribution in [2.45, 2.75) is 18.3 Å². The Morgan fingerprint density at radius 1 is 0.741 bits per heavy atom. The molecule has 2 unspecified atom stereocenters. The summed E-state index contributed by atoms with van der Waals surface area (Å²) in [6.45, 7) is 0. The summed E-state index contributed by atoms with van der Waals surface area (Å²) in [6.07, 6.45) is -4.95. The van der Waals surface area contributed by atoms with Crippen molar-refractivity contribution < 1.29 is 17.9 Å². The fourth-order valence-corrected chi connectivity index (χ4v) is 3.04. The Labute approximate surface area is 154 Å². The van der Waals surface area contributed by atoms with Crippen molar-refractivity contribution in [3.8, 4) is 0 Å². The Kier molecular flexibility index (Phi) is 4.39. The molecular weight excluding hydrogens is 353 g/mol. The van der Waals surface area contributed by atoms with Gasteiger partial charge in [-0.2, -0.15) is 13.2 Å². The van der Waals surface area contributed by atoms with Gasteiger partial charge in [0.25, 0.3) is 0 Å². The summed E-state index contributed by atoms with van der Waals surface area (Å²) in [6, 6.07) is 22.4. The quantitative estimate of drug-likeness (QED) is 0.624. The van der Waals surface area contributed by atoms with Gasteiger partial charge in [0, 0.05) is 0 Å². The van der Waals surface area contributed by atoms with Crippen LogP contribution in [0.3, 0.4) is 0 Å². The number of ether oxygens (including phenoxy) is 1. The number of benzene rings is 2. The number of nitrogens with zero attached hydrogens (tertiary/aromatic N) is 2. The Morgan fingerprint density at radius 2 is 1.37 bits per heavy atom. The highest BCUT2D eigenvalue weighted by atomic mass is 19.4. The second-order valence-corrected chi connectivity index (χ2v) is 6.14. The van der Waals surface area contributed by atoms with Crippen molar-refractivity contribution >= 4 is 5.90 Å². The summed E-state index contributed by atoms with van der Waals surface area (Å²) < 4.78 is 45.0. The maximum absolute atomic E-state index is 13.0. The van der Waals surface area contributed by atoms with Crippen LogP contribution in [-0.4, -0.2) is 10.9 Å². The third-order valence-corrected chi connectivity index (χ3v) is 4.31. The minimum atomic E-state index is -4.52. The summed E-state index contributed by atoms with van der Waals surface area (Å²) in [7, 11) is 0. The lowest BCUT2D eigenvalue weighted by atomic mass is 9.97. The van der Waals surface area contributed by atoms with E-state index in [2.05, 4.69) is 9.98 Å². The van der Waals surface area contributed by atoms with Crippen molar-refractivity contribution in [2.75, 3.05) is 0 Å². The minimum Gasteiger partial charge on any atom is -0.465 e. The zero-order chi connectivity index (χ0) is 18.9. The van der Waals surface area contributed by atoms with Crippen LogP contribution in [0.2, 0.25) is 0 Å². The maximum atomic E-state index is 13.0. The summed E-state index contributed by atoms with van der Waals surface area (Å²) in [5.41, 5.74) is 0.931. The molecule has 136 valence electrons. The number of aromatic nitrogens is 1. The summed E-state index contributed by atoms with van der Waals surface area (Å²) in [5, 5.41) is 0. The first-order valence-corrected chi connectivity index (χ1v) is 8.41. The molecule has 3 aromatic rings. The Bertz CT molecular complexity index is 956. The molecule has 0 aliphatic carbocycles. The highest BCUT2D eigenvalue weighted by molar-refractivity contribution is 5.93. The molecule has 0 bridgehead atoms. The van der Waals surface area contributed by atoms with Gasteiger partial charge in [-0.05, 0) is 23.3 Å². The van der Waals surface area contributed by atoms with Crippen LogP contribution in [0.25, 0.3) is 0 Å². The van der Waals surface area contributed by atoms with Crippen molar-refractivity contribution in [1.29, 1.82) is 0 Å². The summed E-state index contributed by atoms with van der Waals surface area (Å²) in [4.78, 5) is 8.28. The highest BCUT2D eigenvalue weighted by Gasteiger charge is 2.36. The van der Waals surface area contributed by atoms with Gasteiger partial charge >= 0.3 is 6.18 Å². The van der Waals surface area contributed by atoms with Gasteiger partial charge in [-0.25, -0.2) is 9.98 Å². The third kappa shape index (κ3) is 3.56. The second-order valence-electron chi connectivity index (χ2n) is 6.14. The molecule has 0 N–H and O–H groups in total. The standard InChI is InChI=1S/C21H15F3N2O/c22-21(23,24)17-13-7-12-16(25-17)20-26-18(14-8-3-1-4-9-14)19(27-20)15-10-5-2-6-11-15/h1-13,18-19H. The van der Waals surface area contributed by atoms with Crippen LogP contribution in [0.5, 0.6) is 0 Å². The normalized spacial score (nSPS) is 19.4. The van der Waals surface area contributed by atoms with Crippen LogP contribution in [-0.2, 0) is 10.9 Å². The molecule has 2 atom stereocenters. The molecule has 0 saturated heterocycles. The van der Waals surface area contributed by atoms with E-state index in [0.29, 0.717) is 0 Å². The fourth-order valence-electron chi connectivity index (χ4n) is 3.04. The van der Waals surface area contributed by atoms with E-state index in [9.17, 15) is 13.2 Å². The van der Waals surface area contributed by atoms with E-state index in [1.807, 2.05) is 60.7 Å². The van der Waals surface area contributed by atoms with Crippen LogP contribution in [0.1, 0.15) is 34.7 Å². The molecule has 0 amide bonds. The average Bonchev–Trinajstić information content (AvgIpc) is 3.14. The van der Waals surface area contributed by atoms with Crippen molar-refractivity contribution in [2.24, 2.45) is 4.99 Å². The zero-order valence-corrected chi connectivity index (χ0v) is 14.1. The molecule has 1 aliphatic heterocycles. The molecule has 2 aromatic carbocycles. The van der Waals surface area contributed by atoms with Gasteiger partial charge in [-0.1, -0.05) is 66.7 Å². The van der Waals surface area contributed by atoms with E-state index in [-0.39, 0.29) is 17.6 Å². The van der Waals surface area contributed by atoms with E-state index in [0.717, 1.165) is 17.2 Å². The maximum Gasteiger partial charge on any atom is 0.433 e. The molecule has 0 saturated carbocycles. The first kappa shape index (κ1) is 17.3. The van der Waals surface area contributed by atoms with Gasteiger partial charge < -0.3 is 4.74 Å². The fraction of sp³-hybridized carbons (Fsp3) is 0.143. The Hall–Kier alpha value is -3.15. The molecule has 1 aliphatic rings. The summed E-state index contributed by atoms with van der Waals surface area (Å²) in [5.74, 6) is 0.115. The topological polar surface area (TPSA) is 34.5 Å². The molecule has 6 heteroatoms. The number of alkyl halides is 3. The molecule has 1 aromatic heterocycles. The van der Waals surface area contributed by atoms with Gasteiger partial charge in [-0.3, -0.25) is 0 Å². The van der Waals surface area contributed by atoms with E-state index < -0.39 is 18.0 Å². The van der Waals surface area contributed by atoms with Crippen LogP contribution in [0.15, 0.2) is 83.9 Å². The largest absolute Gasteiger partial charge is 0.465 e. The first-order valence-electron chi connectivity index (χ1n) is 8.41. The van der Waals surface area contributed by atoms with Gasteiger partial charge in [0.1, 0.15) is 17.4 Å². The molecule has 3 nitrogen and oxygen atoms in total. The highest BCUT2D eigenvalue weighted by Crippen LogP contribution is 2.41. The lowest BCUT2D eigenvalue weighted by Crippen LogP contribution is -2.13. The number of pyridine rings is 1. The number of hydrogen-bond acceptors (Lipinski definition) is 3. The predicted molar refractivity (Wildman–Crippen MR) is 95.2 cm³/mol. The Morgan fingerprint density at radius 3 is 2.00 bits per heavy atom. The van der Waals surface area contributed by atoms with Crippen molar-refractivity contribution in [3.05, 3.63) is 101 Å². The van der Waals surface area contributed by atoms with Crippen LogP contribution >= 0.6 is 0 Å². The van der Waals surface area contributed by atoms with E-state index >= 15 is 0 Å². The summed E-state index contributed by atoms with van der Waals surface area (Å²) >= 11 is 0. The first-order chi connectivity index (χ1) is 13.0. The number of rotatable bonds is 3. The molecule has 2 heterocycles. The second kappa shape index (κ2) is 6.87. The molecule has 0 radical (unpaired) electrons.